The lowest BCUT2D eigenvalue weighted by molar-refractivity contribution is 0.0600. The number of carbonyl (C=O) groups excluding carboxylic acids is 1. The number of methoxy groups -OCH3 is 1. The normalized spacial score (nSPS) is 12.1. The molecule has 1 heterocycles. The van der Waals surface area contributed by atoms with E-state index in [1.54, 1.807) is 60.7 Å². The summed E-state index contributed by atoms with van der Waals surface area (Å²) in [6.07, 6.45) is 1.54. The number of hydrogen-bond acceptors (Lipinski definition) is 5. The van der Waals surface area contributed by atoms with Crippen LogP contribution >= 0.6 is 0 Å². The number of imidazole rings is 1. The maximum Gasteiger partial charge on any atom is 0.337 e. The van der Waals surface area contributed by atoms with Crippen LogP contribution in [0.4, 0.5) is 0 Å². The Hall–Kier alpha value is -3.71. The van der Waals surface area contributed by atoms with Crippen LogP contribution in [-0.2, 0) is 14.6 Å². The Morgan fingerprint density at radius 1 is 0.933 bits per heavy atom. The van der Waals surface area contributed by atoms with E-state index in [0.29, 0.717) is 16.6 Å². The number of aromatic amines is 1. The smallest absolute Gasteiger partial charge is 0.337 e. The molecule has 4 aromatic rings. The number of fused-ring (bicyclic) bond motifs is 1. The highest BCUT2D eigenvalue weighted by Crippen LogP contribution is 2.30. The van der Waals surface area contributed by atoms with Gasteiger partial charge in [-0.3, -0.25) is 0 Å². The van der Waals surface area contributed by atoms with Crippen molar-refractivity contribution in [2.24, 2.45) is 0 Å². The molecule has 7 heteroatoms. The van der Waals surface area contributed by atoms with E-state index in [-0.39, 0.29) is 15.6 Å². The Balaban J connectivity index is 1.87. The zero-order valence-corrected chi connectivity index (χ0v) is 16.9. The van der Waals surface area contributed by atoms with Crippen molar-refractivity contribution < 1.29 is 17.9 Å². The van der Waals surface area contributed by atoms with Gasteiger partial charge in [-0.2, -0.15) is 0 Å². The van der Waals surface area contributed by atoms with Crippen LogP contribution in [0.1, 0.15) is 21.7 Å². The van der Waals surface area contributed by atoms with Crippen LogP contribution in [0.5, 0.6) is 0 Å². The predicted molar refractivity (Wildman–Crippen MR) is 115 cm³/mol. The van der Waals surface area contributed by atoms with Crippen molar-refractivity contribution in [1.82, 2.24) is 9.97 Å². The Morgan fingerprint density at radius 3 is 2.27 bits per heavy atom. The minimum atomic E-state index is -3.86. The third kappa shape index (κ3) is 3.75. The lowest BCUT2D eigenvalue weighted by Gasteiger charge is -2.08. The number of carbonyl (C=O) groups is 1. The summed E-state index contributed by atoms with van der Waals surface area (Å²) in [4.78, 5) is 19.5. The molecule has 0 aliphatic heterocycles. The average Bonchev–Trinajstić information content (AvgIpc) is 3.21. The topological polar surface area (TPSA) is 89.1 Å². The maximum absolute atomic E-state index is 13.4. The van der Waals surface area contributed by atoms with Gasteiger partial charge in [0.2, 0.25) is 9.84 Å². The molecule has 0 saturated heterocycles. The Labute approximate surface area is 173 Å². The summed E-state index contributed by atoms with van der Waals surface area (Å²) in [5.74, 6) is -0.211. The number of nitrogens with zero attached hydrogens (tertiary/aromatic N) is 1. The molecule has 0 radical (unpaired) electrons. The standard InChI is InChI=1S/C23H18N2O4S/c1-29-23(26)17-13-11-16(12-14-17)15-21(30(27,28)18-7-3-2-4-8-18)22-24-19-9-5-6-10-20(19)25-22/h2-15H,1H3,(H,24,25)/b21-15+. The summed E-state index contributed by atoms with van der Waals surface area (Å²) in [5, 5.41) is 0. The molecule has 1 aromatic heterocycles. The van der Waals surface area contributed by atoms with Crippen molar-refractivity contribution in [3.63, 3.8) is 0 Å². The molecule has 0 saturated carbocycles. The van der Waals surface area contributed by atoms with Gasteiger partial charge < -0.3 is 9.72 Å². The van der Waals surface area contributed by atoms with E-state index in [2.05, 4.69) is 9.97 Å². The monoisotopic (exact) mass is 418 g/mol. The molecule has 6 nitrogen and oxygen atoms in total. The van der Waals surface area contributed by atoms with E-state index >= 15 is 0 Å². The number of ether oxygens (including phenoxy) is 1. The summed E-state index contributed by atoms with van der Waals surface area (Å²) in [5.41, 5.74) is 2.40. The molecule has 0 bridgehead atoms. The molecule has 0 unspecified atom stereocenters. The Morgan fingerprint density at radius 2 is 1.60 bits per heavy atom. The Kier molecular flexibility index (Phi) is 5.20. The molecule has 0 aliphatic carbocycles. The highest BCUT2D eigenvalue weighted by molar-refractivity contribution is 8.00. The molecule has 0 aliphatic rings. The van der Waals surface area contributed by atoms with Crippen molar-refractivity contribution in [1.29, 1.82) is 0 Å². The van der Waals surface area contributed by atoms with Crippen LogP contribution in [0.25, 0.3) is 22.0 Å². The summed E-state index contributed by atoms with van der Waals surface area (Å²) >= 11 is 0. The second kappa shape index (κ2) is 7.96. The highest BCUT2D eigenvalue weighted by atomic mass is 32.2. The summed E-state index contributed by atoms with van der Waals surface area (Å²) in [7, 11) is -2.55. The third-order valence-electron chi connectivity index (χ3n) is 4.60. The molecule has 4 rings (SSSR count). The van der Waals surface area contributed by atoms with Crippen molar-refractivity contribution in [3.05, 3.63) is 95.8 Å². The number of sulfone groups is 1. The summed E-state index contributed by atoms with van der Waals surface area (Å²) in [6.45, 7) is 0. The minimum absolute atomic E-state index is 0.0377. The van der Waals surface area contributed by atoms with E-state index in [1.165, 1.54) is 7.11 Å². The minimum Gasteiger partial charge on any atom is -0.465 e. The summed E-state index contributed by atoms with van der Waals surface area (Å²) in [6, 6.07) is 22.0. The molecular weight excluding hydrogens is 400 g/mol. The largest absolute Gasteiger partial charge is 0.465 e. The molecule has 3 aromatic carbocycles. The third-order valence-corrected chi connectivity index (χ3v) is 6.38. The van der Waals surface area contributed by atoms with Crippen molar-refractivity contribution in [2.45, 2.75) is 4.90 Å². The molecule has 0 atom stereocenters. The first kappa shape index (κ1) is 19.6. The molecule has 0 spiro atoms. The lowest BCUT2D eigenvalue weighted by Crippen LogP contribution is -2.06. The van der Waals surface area contributed by atoms with Crippen molar-refractivity contribution in [3.8, 4) is 0 Å². The van der Waals surface area contributed by atoms with Crippen LogP contribution in [0, 0.1) is 0 Å². The van der Waals surface area contributed by atoms with Gasteiger partial charge in [0.25, 0.3) is 0 Å². The van der Waals surface area contributed by atoms with Crippen LogP contribution in [-0.4, -0.2) is 31.5 Å². The number of aromatic nitrogens is 2. The zero-order chi connectivity index (χ0) is 21.1. The van der Waals surface area contributed by atoms with Gasteiger partial charge in [-0.1, -0.05) is 42.5 Å². The van der Waals surface area contributed by atoms with Crippen LogP contribution in [0.15, 0.2) is 83.8 Å². The van der Waals surface area contributed by atoms with Gasteiger partial charge in [-0.05, 0) is 48.0 Å². The second-order valence-corrected chi connectivity index (χ2v) is 8.46. The number of para-hydroxylation sites is 2. The molecule has 0 amide bonds. The van der Waals surface area contributed by atoms with E-state index in [1.807, 2.05) is 24.3 Å². The maximum atomic E-state index is 13.4. The van der Waals surface area contributed by atoms with Gasteiger partial charge >= 0.3 is 5.97 Å². The quantitative estimate of drug-likeness (QED) is 0.488. The summed E-state index contributed by atoms with van der Waals surface area (Å²) < 4.78 is 31.6. The van der Waals surface area contributed by atoms with Gasteiger partial charge in [0.1, 0.15) is 10.7 Å². The average molecular weight is 418 g/mol. The molecule has 30 heavy (non-hydrogen) atoms. The van der Waals surface area contributed by atoms with E-state index in [4.69, 9.17) is 4.74 Å². The number of hydrogen-bond donors (Lipinski definition) is 1. The number of nitrogens with one attached hydrogen (secondary N) is 1. The van der Waals surface area contributed by atoms with Gasteiger partial charge in [0, 0.05) is 0 Å². The van der Waals surface area contributed by atoms with Gasteiger partial charge in [0.15, 0.2) is 0 Å². The van der Waals surface area contributed by atoms with Crippen molar-refractivity contribution in [2.75, 3.05) is 7.11 Å². The number of benzene rings is 3. The van der Waals surface area contributed by atoms with Gasteiger partial charge in [0.05, 0.1) is 28.6 Å². The fraction of sp³-hybridized carbons (Fsp3) is 0.0435. The van der Waals surface area contributed by atoms with E-state index in [0.717, 1.165) is 5.52 Å². The fourth-order valence-corrected chi connectivity index (χ4v) is 4.47. The predicted octanol–water partition coefficient (Wildman–Crippen LogP) is 4.32. The number of rotatable bonds is 5. The van der Waals surface area contributed by atoms with Crippen LogP contribution < -0.4 is 0 Å². The van der Waals surface area contributed by atoms with Crippen molar-refractivity contribution >= 4 is 37.8 Å². The van der Waals surface area contributed by atoms with E-state index in [9.17, 15) is 13.2 Å². The Bertz CT molecular complexity index is 1310. The zero-order valence-electron chi connectivity index (χ0n) is 16.1. The van der Waals surface area contributed by atoms with Crippen LogP contribution in [0.3, 0.4) is 0 Å². The fourth-order valence-electron chi connectivity index (χ4n) is 3.05. The lowest BCUT2D eigenvalue weighted by atomic mass is 10.1. The first-order valence-corrected chi connectivity index (χ1v) is 10.6. The number of esters is 1. The molecular formula is C23H18N2O4S. The van der Waals surface area contributed by atoms with E-state index < -0.39 is 15.8 Å². The molecule has 1 N–H and O–H groups in total. The molecule has 0 fully saturated rings. The highest BCUT2D eigenvalue weighted by Gasteiger charge is 2.25. The van der Waals surface area contributed by atoms with Crippen LogP contribution in [0.2, 0.25) is 0 Å². The first-order valence-electron chi connectivity index (χ1n) is 9.14. The number of H-pyrrole nitrogens is 1. The van der Waals surface area contributed by atoms with Gasteiger partial charge in [-0.15, -0.1) is 0 Å². The SMILES string of the molecule is COC(=O)c1ccc(/C=C(\c2nc3ccccc3[nH]2)S(=O)(=O)c2ccccc2)cc1. The molecule has 150 valence electrons. The second-order valence-electron chi connectivity index (χ2n) is 6.54. The van der Waals surface area contributed by atoms with Gasteiger partial charge in [-0.25, -0.2) is 18.2 Å². The first-order chi connectivity index (χ1) is 14.5.